The van der Waals surface area contributed by atoms with Crippen LogP contribution in [0.3, 0.4) is 0 Å². The lowest BCUT2D eigenvalue weighted by atomic mass is 10.2. The summed E-state index contributed by atoms with van der Waals surface area (Å²) in [6.07, 6.45) is 0. The van der Waals surface area contributed by atoms with Crippen LogP contribution in [0.15, 0.2) is 54.6 Å². The van der Waals surface area contributed by atoms with Crippen LogP contribution in [-0.4, -0.2) is 16.5 Å². The third-order valence-electron chi connectivity index (χ3n) is 3.45. The molecule has 2 aromatic carbocycles. The van der Waals surface area contributed by atoms with Crippen molar-refractivity contribution < 1.29 is 0 Å². The normalized spacial score (nSPS) is 10.8. The van der Waals surface area contributed by atoms with Gasteiger partial charge in [0.05, 0.1) is 5.52 Å². The minimum absolute atomic E-state index is 0.287. The van der Waals surface area contributed by atoms with Crippen LogP contribution in [-0.2, 0) is 6.54 Å². The smallest absolute Gasteiger partial charge is 0.224 e. The van der Waals surface area contributed by atoms with Crippen molar-refractivity contribution in [2.75, 3.05) is 11.4 Å². The first-order valence-corrected chi connectivity index (χ1v) is 7.37. The number of nitrogens with zero attached hydrogens (tertiary/aromatic N) is 3. The van der Waals surface area contributed by atoms with Crippen LogP contribution >= 0.6 is 11.6 Å². The Hall–Kier alpha value is -2.13. The molecule has 4 heteroatoms. The van der Waals surface area contributed by atoms with Gasteiger partial charge in [0.1, 0.15) is 5.82 Å². The van der Waals surface area contributed by atoms with Gasteiger partial charge in [-0.25, -0.2) is 4.98 Å². The number of rotatable bonds is 4. The van der Waals surface area contributed by atoms with Crippen LogP contribution in [0.25, 0.3) is 10.9 Å². The van der Waals surface area contributed by atoms with Gasteiger partial charge in [0.2, 0.25) is 5.28 Å². The number of hydrogen-bond donors (Lipinski definition) is 0. The van der Waals surface area contributed by atoms with Crippen LogP contribution in [0.5, 0.6) is 0 Å². The van der Waals surface area contributed by atoms with Crippen LogP contribution in [0.1, 0.15) is 12.5 Å². The van der Waals surface area contributed by atoms with Crippen LogP contribution in [0.4, 0.5) is 5.82 Å². The molecular formula is C17H16ClN3. The average Bonchev–Trinajstić information content (AvgIpc) is 2.53. The fraction of sp³-hybridized carbons (Fsp3) is 0.176. The van der Waals surface area contributed by atoms with Crippen LogP contribution < -0.4 is 4.90 Å². The van der Waals surface area contributed by atoms with Crippen molar-refractivity contribution in [3.05, 3.63) is 65.4 Å². The zero-order valence-electron chi connectivity index (χ0n) is 11.8. The Kier molecular flexibility index (Phi) is 4.02. The lowest BCUT2D eigenvalue weighted by Crippen LogP contribution is -2.23. The Morgan fingerprint density at radius 2 is 1.67 bits per heavy atom. The van der Waals surface area contributed by atoms with Gasteiger partial charge >= 0.3 is 0 Å². The van der Waals surface area contributed by atoms with Gasteiger partial charge in [-0.15, -0.1) is 0 Å². The van der Waals surface area contributed by atoms with Crippen molar-refractivity contribution in [2.45, 2.75) is 13.5 Å². The second kappa shape index (κ2) is 6.10. The molecular weight excluding hydrogens is 282 g/mol. The molecule has 21 heavy (non-hydrogen) atoms. The van der Waals surface area contributed by atoms with E-state index in [0.29, 0.717) is 0 Å². The van der Waals surface area contributed by atoms with E-state index in [-0.39, 0.29) is 5.28 Å². The second-order valence-electron chi connectivity index (χ2n) is 4.83. The molecule has 3 rings (SSSR count). The predicted octanol–water partition coefficient (Wildman–Crippen LogP) is 4.31. The average molecular weight is 298 g/mol. The highest BCUT2D eigenvalue weighted by atomic mass is 35.5. The van der Waals surface area contributed by atoms with E-state index in [1.54, 1.807) is 0 Å². The van der Waals surface area contributed by atoms with Crippen molar-refractivity contribution in [2.24, 2.45) is 0 Å². The number of fused-ring (bicyclic) bond motifs is 1. The van der Waals surface area contributed by atoms with Gasteiger partial charge in [0, 0.05) is 18.5 Å². The number of aromatic nitrogens is 2. The van der Waals surface area contributed by atoms with Crippen LogP contribution in [0.2, 0.25) is 5.28 Å². The third kappa shape index (κ3) is 2.98. The summed E-state index contributed by atoms with van der Waals surface area (Å²) in [5.41, 5.74) is 2.12. The number of para-hydroxylation sites is 1. The third-order valence-corrected chi connectivity index (χ3v) is 3.62. The molecule has 0 fully saturated rings. The molecule has 0 saturated carbocycles. The maximum absolute atomic E-state index is 6.08. The van der Waals surface area contributed by atoms with Gasteiger partial charge in [-0.2, -0.15) is 4.98 Å². The molecule has 0 saturated heterocycles. The van der Waals surface area contributed by atoms with Gasteiger partial charge in [0.25, 0.3) is 0 Å². The maximum Gasteiger partial charge on any atom is 0.224 e. The summed E-state index contributed by atoms with van der Waals surface area (Å²) >= 11 is 6.08. The molecule has 0 radical (unpaired) electrons. The lowest BCUT2D eigenvalue weighted by Gasteiger charge is -2.23. The number of hydrogen-bond acceptors (Lipinski definition) is 3. The Morgan fingerprint density at radius 1 is 0.952 bits per heavy atom. The minimum Gasteiger partial charge on any atom is -0.352 e. The van der Waals surface area contributed by atoms with Crippen molar-refractivity contribution >= 4 is 28.3 Å². The van der Waals surface area contributed by atoms with E-state index < -0.39 is 0 Å². The topological polar surface area (TPSA) is 29.0 Å². The standard InChI is InChI=1S/C17H16ClN3/c1-2-21(12-13-8-4-3-5-9-13)16-14-10-6-7-11-15(14)19-17(18)20-16/h3-11H,2,12H2,1H3. The Morgan fingerprint density at radius 3 is 2.43 bits per heavy atom. The second-order valence-corrected chi connectivity index (χ2v) is 5.17. The fourth-order valence-corrected chi connectivity index (χ4v) is 2.58. The van der Waals surface area contributed by atoms with E-state index in [2.05, 4.69) is 33.9 Å². The molecule has 0 aliphatic carbocycles. The SMILES string of the molecule is CCN(Cc1ccccc1)c1nc(Cl)nc2ccccc12. The van der Waals surface area contributed by atoms with E-state index in [0.717, 1.165) is 29.8 Å². The van der Waals surface area contributed by atoms with Crippen molar-refractivity contribution in [3.63, 3.8) is 0 Å². The molecule has 0 atom stereocenters. The molecule has 3 nitrogen and oxygen atoms in total. The highest BCUT2D eigenvalue weighted by molar-refractivity contribution is 6.28. The summed E-state index contributed by atoms with van der Waals surface area (Å²) in [5, 5.41) is 1.31. The molecule has 0 aliphatic heterocycles. The number of benzene rings is 2. The van der Waals surface area contributed by atoms with Crippen molar-refractivity contribution in [1.29, 1.82) is 0 Å². The van der Waals surface area contributed by atoms with E-state index in [4.69, 9.17) is 11.6 Å². The monoisotopic (exact) mass is 297 g/mol. The van der Waals surface area contributed by atoms with E-state index in [9.17, 15) is 0 Å². The Bertz CT molecular complexity index is 743. The molecule has 0 unspecified atom stereocenters. The summed E-state index contributed by atoms with van der Waals surface area (Å²) in [6.45, 7) is 3.77. The van der Waals surface area contributed by atoms with E-state index in [1.807, 2.05) is 42.5 Å². The quantitative estimate of drug-likeness (QED) is 0.672. The first-order chi connectivity index (χ1) is 10.3. The van der Waals surface area contributed by atoms with E-state index in [1.165, 1.54) is 5.56 Å². The molecule has 1 aromatic heterocycles. The van der Waals surface area contributed by atoms with Crippen molar-refractivity contribution in [1.82, 2.24) is 9.97 Å². The summed E-state index contributed by atoms with van der Waals surface area (Å²) in [6, 6.07) is 18.3. The zero-order valence-corrected chi connectivity index (χ0v) is 12.6. The zero-order chi connectivity index (χ0) is 14.7. The van der Waals surface area contributed by atoms with Gasteiger partial charge in [0.15, 0.2) is 0 Å². The van der Waals surface area contributed by atoms with Gasteiger partial charge in [-0.3, -0.25) is 0 Å². The number of anilines is 1. The highest BCUT2D eigenvalue weighted by Gasteiger charge is 2.13. The van der Waals surface area contributed by atoms with E-state index >= 15 is 0 Å². The Labute approximate surface area is 129 Å². The molecule has 106 valence electrons. The summed E-state index contributed by atoms with van der Waals surface area (Å²) in [7, 11) is 0. The van der Waals surface area contributed by atoms with Gasteiger partial charge < -0.3 is 4.90 Å². The highest BCUT2D eigenvalue weighted by Crippen LogP contribution is 2.26. The summed E-state index contributed by atoms with van der Waals surface area (Å²) < 4.78 is 0. The first-order valence-electron chi connectivity index (χ1n) is 6.99. The molecule has 1 heterocycles. The fourth-order valence-electron chi connectivity index (χ4n) is 2.41. The first kappa shape index (κ1) is 13.8. The maximum atomic E-state index is 6.08. The molecule has 3 aromatic rings. The lowest BCUT2D eigenvalue weighted by molar-refractivity contribution is 0.816. The minimum atomic E-state index is 0.287. The van der Waals surface area contributed by atoms with Crippen molar-refractivity contribution in [3.8, 4) is 0 Å². The molecule has 0 bridgehead atoms. The molecule has 0 N–H and O–H groups in total. The number of halogens is 1. The van der Waals surface area contributed by atoms with Gasteiger partial charge in [-0.05, 0) is 36.2 Å². The Balaban J connectivity index is 2.04. The van der Waals surface area contributed by atoms with Gasteiger partial charge in [-0.1, -0.05) is 42.5 Å². The predicted molar refractivity (Wildman–Crippen MR) is 87.7 cm³/mol. The largest absolute Gasteiger partial charge is 0.352 e. The van der Waals surface area contributed by atoms with Crippen LogP contribution in [0, 0.1) is 0 Å². The molecule has 0 amide bonds. The molecule has 0 aliphatic rings. The summed E-state index contributed by atoms with van der Waals surface area (Å²) in [4.78, 5) is 11.0. The summed E-state index contributed by atoms with van der Waals surface area (Å²) in [5.74, 6) is 0.886. The molecule has 0 spiro atoms.